The zero-order chi connectivity index (χ0) is 15.1. The van der Waals surface area contributed by atoms with Crippen molar-refractivity contribution in [1.82, 2.24) is 14.8 Å². The van der Waals surface area contributed by atoms with E-state index in [1.165, 1.54) is 27.5 Å². The number of aromatic nitrogens is 3. The van der Waals surface area contributed by atoms with Crippen molar-refractivity contribution in [3.05, 3.63) is 39.4 Å². The normalized spacial score (nSPS) is 18.3. The SMILES string of the molecule is Cc1ccc(-c2nnc(N3CCCC3c3cccs3)n2C)s1. The highest BCUT2D eigenvalue weighted by Gasteiger charge is 2.30. The van der Waals surface area contributed by atoms with E-state index >= 15 is 0 Å². The molecule has 22 heavy (non-hydrogen) atoms. The number of rotatable bonds is 3. The first kappa shape index (κ1) is 14.0. The fraction of sp³-hybridized carbons (Fsp3) is 0.375. The summed E-state index contributed by atoms with van der Waals surface area (Å²) in [6.07, 6.45) is 2.41. The first-order chi connectivity index (χ1) is 10.7. The summed E-state index contributed by atoms with van der Waals surface area (Å²) < 4.78 is 2.14. The van der Waals surface area contributed by atoms with Crippen LogP contribution in [-0.4, -0.2) is 21.3 Å². The Bertz CT molecular complexity index is 772. The quantitative estimate of drug-likeness (QED) is 0.720. The van der Waals surface area contributed by atoms with Gasteiger partial charge in [-0.1, -0.05) is 6.07 Å². The Labute approximate surface area is 138 Å². The molecule has 3 aromatic rings. The van der Waals surface area contributed by atoms with Crippen molar-refractivity contribution in [1.29, 1.82) is 0 Å². The summed E-state index contributed by atoms with van der Waals surface area (Å²) in [5.41, 5.74) is 0. The summed E-state index contributed by atoms with van der Waals surface area (Å²) in [7, 11) is 2.07. The van der Waals surface area contributed by atoms with Crippen molar-refractivity contribution in [3.8, 4) is 10.7 Å². The van der Waals surface area contributed by atoms with Gasteiger partial charge in [-0.25, -0.2) is 0 Å². The van der Waals surface area contributed by atoms with E-state index in [2.05, 4.69) is 63.3 Å². The third kappa shape index (κ3) is 2.27. The number of hydrogen-bond donors (Lipinski definition) is 0. The molecule has 3 aromatic heterocycles. The summed E-state index contributed by atoms with van der Waals surface area (Å²) in [5, 5.41) is 11.1. The lowest BCUT2D eigenvalue weighted by Gasteiger charge is -2.24. The Morgan fingerprint density at radius 1 is 1.23 bits per heavy atom. The molecule has 1 unspecified atom stereocenters. The van der Waals surface area contributed by atoms with Crippen LogP contribution < -0.4 is 4.90 Å². The van der Waals surface area contributed by atoms with Crippen LogP contribution in [0.25, 0.3) is 10.7 Å². The molecule has 4 rings (SSSR count). The first-order valence-corrected chi connectivity index (χ1v) is 9.20. The highest BCUT2D eigenvalue weighted by Crippen LogP contribution is 2.38. The van der Waals surface area contributed by atoms with E-state index in [9.17, 15) is 0 Å². The van der Waals surface area contributed by atoms with Crippen LogP contribution in [0, 0.1) is 6.92 Å². The molecule has 0 bridgehead atoms. The molecule has 4 heterocycles. The average molecular weight is 330 g/mol. The van der Waals surface area contributed by atoms with E-state index < -0.39 is 0 Å². The summed E-state index contributed by atoms with van der Waals surface area (Å²) in [6.45, 7) is 3.18. The summed E-state index contributed by atoms with van der Waals surface area (Å²) in [4.78, 5) is 6.32. The Hall–Kier alpha value is -1.66. The van der Waals surface area contributed by atoms with E-state index in [-0.39, 0.29) is 0 Å². The molecule has 0 spiro atoms. The van der Waals surface area contributed by atoms with Crippen molar-refractivity contribution in [2.24, 2.45) is 7.05 Å². The van der Waals surface area contributed by atoms with Gasteiger partial charge >= 0.3 is 0 Å². The number of hydrogen-bond acceptors (Lipinski definition) is 5. The second-order valence-electron chi connectivity index (χ2n) is 5.66. The minimum atomic E-state index is 0.445. The third-order valence-corrected chi connectivity index (χ3v) is 6.16. The van der Waals surface area contributed by atoms with E-state index in [1.807, 2.05) is 11.3 Å². The number of anilines is 1. The van der Waals surface area contributed by atoms with Gasteiger partial charge in [0.2, 0.25) is 5.95 Å². The molecule has 1 fully saturated rings. The predicted octanol–water partition coefficient (Wildman–Crippen LogP) is 4.26. The van der Waals surface area contributed by atoms with E-state index in [0.29, 0.717) is 6.04 Å². The van der Waals surface area contributed by atoms with Gasteiger partial charge in [0.25, 0.3) is 0 Å². The lowest BCUT2D eigenvalue weighted by atomic mass is 10.2. The van der Waals surface area contributed by atoms with Crippen LogP contribution in [0.3, 0.4) is 0 Å². The van der Waals surface area contributed by atoms with Gasteiger partial charge in [0.1, 0.15) is 0 Å². The lowest BCUT2D eigenvalue weighted by Crippen LogP contribution is -2.25. The number of nitrogens with zero attached hydrogens (tertiary/aromatic N) is 4. The molecule has 0 radical (unpaired) electrons. The summed E-state index contributed by atoms with van der Waals surface area (Å²) in [5.74, 6) is 1.95. The summed E-state index contributed by atoms with van der Waals surface area (Å²) >= 11 is 3.60. The van der Waals surface area contributed by atoms with Crippen molar-refractivity contribution in [2.75, 3.05) is 11.4 Å². The third-order valence-electron chi connectivity index (χ3n) is 4.19. The molecule has 1 aliphatic rings. The molecule has 6 heteroatoms. The molecular weight excluding hydrogens is 312 g/mol. The largest absolute Gasteiger partial charge is 0.333 e. The molecule has 0 aliphatic carbocycles. The van der Waals surface area contributed by atoms with Gasteiger partial charge in [-0.05, 0) is 43.3 Å². The Kier molecular flexibility index (Phi) is 3.50. The fourth-order valence-electron chi connectivity index (χ4n) is 3.12. The van der Waals surface area contributed by atoms with Crippen LogP contribution in [-0.2, 0) is 7.05 Å². The average Bonchev–Trinajstić information content (AvgIpc) is 3.23. The zero-order valence-corrected chi connectivity index (χ0v) is 14.3. The zero-order valence-electron chi connectivity index (χ0n) is 12.7. The summed E-state index contributed by atoms with van der Waals surface area (Å²) in [6, 6.07) is 9.08. The van der Waals surface area contributed by atoms with Crippen LogP contribution in [0.1, 0.15) is 28.6 Å². The topological polar surface area (TPSA) is 34.0 Å². The van der Waals surface area contributed by atoms with Crippen LogP contribution in [0.4, 0.5) is 5.95 Å². The van der Waals surface area contributed by atoms with Gasteiger partial charge < -0.3 is 4.90 Å². The minimum Gasteiger partial charge on any atom is -0.333 e. The van der Waals surface area contributed by atoms with Crippen molar-refractivity contribution in [3.63, 3.8) is 0 Å². The lowest BCUT2D eigenvalue weighted by molar-refractivity contribution is 0.697. The Balaban J connectivity index is 1.70. The second kappa shape index (κ2) is 5.52. The van der Waals surface area contributed by atoms with Gasteiger partial charge in [-0.15, -0.1) is 32.9 Å². The molecule has 1 atom stereocenters. The minimum absolute atomic E-state index is 0.445. The van der Waals surface area contributed by atoms with Crippen molar-refractivity contribution in [2.45, 2.75) is 25.8 Å². The van der Waals surface area contributed by atoms with Crippen molar-refractivity contribution >= 4 is 28.6 Å². The second-order valence-corrected chi connectivity index (χ2v) is 7.93. The van der Waals surface area contributed by atoms with E-state index in [1.54, 1.807) is 11.3 Å². The van der Waals surface area contributed by atoms with Gasteiger partial charge in [-0.3, -0.25) is 4.57 Å². The molecule has 114 valence electrons. The highest BCUT2D eigenvalue weighted by molar-refractivity contribution is 7.15. The molecule has 1 aliphatic heterocycles. The number of thiophene rings is 2. The molecule has 1 saturated heterocycles. The maximum absolute atomic E-state index is 4.49. The molecule has 0 saturated carbocycles. The van der Waals surface area contributed by atoms with Crippen LogP contribution in [0.15, 0.2) is 29.6 Å². The van der Waals surface area contributed by atoms with Crippen molar-refractivity contribution < 1.29 is 0 Å². The maximum atomic E-state index is 4.49. The van der Waals surface area contributed by atoms with Crippen LogP contribution in [0.5, 0.6) is 0 Å². The van der Waals surface area contributed by atoms with Gasteiger partial charge in [0, 0.05) is 23.3 Å². The number of aryl methyl sites for hydroxylation is 1. The van der Waals surface area contributed by atoms with E-state index in [0.717, 1.165) is 18.3 Å². The Morgan fingerprint density at radius 2 is 2.14 bits per heavy atom. The van der Waals surface area contributed by atoms with Crippen LogP contribution in [0.2, 0.25) is 0 Å². The molecule has 4 nitrogen and oxygen atoms in total. The predicted molar refractivity (Wildman–Crippen MR) is 92.7 cm³/mol. The molecule has 0 aromatic carbocycles. The highest BCUT2D eigenvalue weighted by atomic mass is 32.1. The maximum Gasteiger partial charge on any atom is 0.227 e. The van der Waals surface area contributed by atoms with Gasteiger partial charge in [0.15, 0.2) is 5.82 Å². The molecular formula is C16H18N4S2. The smallest absolute Gasteiger partial charge is 0.227 e. The molecule has 0 N–H and O–H groups in total. The standard InChI is InChI=1S/C16H18N4S2/c1-11-7-8-14(22-11)15-17-18-16(19(15)2)20-9-3-5-12(20)13-6-4-10-21-13/h4,6-8,10,12H,3,5,9H2,1-2H3. The Morgan fingerprint density at radius 3 is 2.86 bits per heavy atom. The van der Waals surface area contributed by atoms with E-state index in [4.69, 9.17) is 0 Å². The van der Waals surface area contributed by atoms with Gasteiger partial charge in [-0.2, -0.15) is 0 Å². The van der Waals surface area contributed by atoms with Crippen LogP contribution >= 0.6 is 22.7 Å². The van der Waals surface area contributed by atoms with Gasteiger partial charge in [0.05, 0.1) is 10.9 Å². The fourth-order valence-corrected chi connectivity index (χ4v) is 4.88. The monoisotopic (exact) mass is 330 g/mol. The molecule has 0 amide bonds. The first-order valence-electron chi connectivity index (χ1n) is 7.50.